The van der Waals surface area contributed by atoms with Gasteiger partial charge in [0.1, 0.15) is 23.0 Å². The van der Waals surface area contributed by atoms with Crippen LogP contribution in [0.2, 0.25) is 5.02 Å². The summed E-state index contributed by atoms with van der Waals surface area (Å²) in [6.45, 7) is 5.05. The Morgan fingerprint density at radius 3 is 2.80 bits per heavy atom. The van der Waals surface area contributed by atoms with E-state index in [0.29, 0.717) is 16.7 Å². The number of nitrogens with two attached hydrogens (primary N) is 1. The Bertz CT molecular complexity index is 343. The van der Waals surface area contributed by atoms with Crippen molar-refractivity contribution in [3.8, 4) is 0 Å². The van der Waals surface area contributed by atoms with Crippen molar-refractivity contribution in [2.75, 3.05) is 23.9 Å². The maximum absolute atomic E-state index is 5.95. The van der Waals surface area contributed by atoms with Gasteiger partial charge in [0.25, 0.3) is 0 Å². The average Bonchev–Trinajstić information content (AvgIpc) is 2.20. The molecule has 0 aliphatic rings. The van der Waals surface area contributed by atoms with Crippen LogP contribution in [-0.4, -0.2) is 27.5 Å². The van der Waals surface area contributed by atoms with Gasteiger partial charge in [-0.15, -0.1) is 0 Å². The molecule has 0 radical (unpaired) electrons. The molecule has 84 valence electrons. The quantitative estimate of drug-likeness (QED) is 0.853. The molecule has 0 saturated carbocycles. The molecule has 4 nitrogen and oxygen atoms in total. The Labute approximate surface area is 99.0 Å². The third-order valence-corrected chi connectivity index (χ3v) is 3.67. The fourth-order valence-corrected chi connectivity index (χ4v) is 1.26. The van der Waals surface area contributed by atoms with Gasteiger partial charge >= 0.3 is 0 Å². The van der Waals surface area contributed by atoms with Gasteiger partial charge < -0.3 is 11.1 Å². The lowest BCUT2D eigenvalue weighted by molar-refractivity contribution is 0.750. The number of nitrogens with zero attached hydrogens (tertiary/aromatic N) is 2. The third-order valence-electron chi connectivity index (χ3n) is 2.05. The van der Waals surface area contributed by atoms with Crippen LogP contribution < -0.4 is 11.1 Å². The second-order valence-corrected chi connectivity index (χ2v) is 5.63. The minimum atomic E-state index is 0.128. The van der Waals surface area contributed by atoms with Crippen molar-refractivity contribution in [2.45, 2.75) is 18.6 Å². The molecule has 1 heterocycles. The molecule has 0 aliphatic heterocycles. The fraction of sp³-hybridized carbons (Fsp3) is 0.556. The summed E-state index contributed by atoms with van der Waals surface area (Å²) in [6.07, 6.45) is 3.47. The van der Waals surface area contributed by atoms with E-state index in [1.807, 2.05) is 0 Å². The molecular weight excluding hydrogens is 232 g/mol. The van der Waals surface area contributed by atoms with Gasteiger partial charge in [-0.2, -0.15) is 11.8 Å². The number of hydrogen-bond donors (Lipinski definition) is 2. The van der Waals surface area contributed by atoms with E-state index in [1.54, 1.807) is 11.8 Å². The molecule has 0 aromatic carbocycles. The van der Waals surface area contributed by atoms with Crippen LogP contribution in [-0.2, 0) is 0 Å². The van der Waals surface area contributed by atoms with Crippen LogP contribution in [0.15, 0.2) is 6.33 Å². The summed E-state index contributed by atoms with van der Waals surface area (Å²) in [4.78, 5) is 7.83. The van der Waals surface area contributed by atoms with Gasteiger partial charge in [-0.3, -0.25) is 0 Å². The monoisotopic (exact) mass is 246 g/mol. The van der Waals surface area contributed by atoms with Crippen LogP contribution in [0.3, 0.4) is 0 Å². The summed E-state index contributed by atoms with van der Waals surface area (Å²) in [6, 6.07) is 0. The molecule has 3 N–H and O–H groups in total. The number of anilines is 2. The van der Waals surface area contributed by atoms with E-state index in [2.05, 4.69) is 35.4 Å². The number of thioether (sulfide) groups is 1. The highest BCUT2D eigenvalue weighted by atomic mass is 35.5. The summed E-state index contributed by atoms with van der Waals surface area (Å²) in [5.74, 6) is 0.891. The molecule has 0 bridgehead atoms. The molecule has 0 atom stereocenters. The van der Waals surface area contributed by atoms with Crippen LogP contribution in [0, 0.1) is 0 Å². The highest BCUT2D eigenvalue weighted by Gasteiger charge is 2.16. The smallest absolute Gasteiger partial charge is 0.150 e. The van der Waals surface area contributed by atoms with E-state index < -0.39 is 0 Å². The van der Waals surface area contributed by atoms with Crippen LogP contribution in [0.25, 0.3) is 0 Å². The summed E-state index contributed by atoms with van der Waals surface area (Å²) >= 11 is 7.72. The lowest BCUT2D eigenvalue weighted by Gasteiger charge is -2.22. The third kappa shape index (κ3) is 3.43. The molecule has 0 unspecified atom stereocenters. The molecule has 0 saturated heterocycles. The summed E-state index contributed by atoms with van der Waals surface area (Å²) in [5, 5.41) is 3.54. The average molecular weight is 247 g/mol. The molecular formula is C9H15ClN4S. The molecule has 0 amide bonds. The molecule has 0 spiro atoms. The Hall–Kier alpha value is -0.680. The molecule has 1 rings (SSSR count). The van der Waals surface area contributed by atoms with E-state index in [0.717, 1.165) is 6.54 Å². The van der Waals surface area contributed by atoms with Gasteiger partial charge in [-0.05, 0) is 20.1 Å². The summed E-state index contributed by atoms with van der Waals surface area (Å²) < 4.78 is 0.128. The van der Waals surface area contributed by atoms with Crippen molar-refractivity contribution in [1.29, 1.82) is 0 Å². The van der Waals surface area contributed by atoms with Crippen molar-refractivity contribution in [3.63, 3.8) is 0 Å². The minimum absolute atomic E-state index is 0.128. The lowest BCUT2D eigenvalue weighted by Crippen LogP contribution is -2.26. The zero-order chi connectivity index (χ0) is 11.5. The Balaban J connectivity index is 2.70. The molecule has 6 heteroatoms. The number of halogens is 1. The predicted molar refractivity (Wildman–Crippen MR) is 67.5 cm³/mol. The first kappa shape index (κ1) is 12.4. The molecule has 1 aromatic rings. The summed E-state index contributed by atoms with van der Waals surface area (Å²) in [7, 11) is 0. The van der Waals surface area contributed by atoms with Crippen molar-refractivity contribution >= 4 is 35.0 Å². The summed E-state index contributed by atoms with van der Waals surface area (Å²) in [5.41, 5.74) is 5.56. The van der Waals surface area contributed by atoms with Crippen molar-refractivity contribution in [2.24, 2.45) is 0 Å². The number of hydrogen-bond acceptors (Lipinski definition) is 5. The van der Waals surface area contributed by atoms with Gasteiger partial charge in [0.15, 0.2) is 0 Å². The van der Waals surface area contributed by atoms with Gasteiger partial charge in [0, 0.05) is 11.3 Å². The number of nitrogen functional groups attached to an aromatic ring is 1. The zero-order valence-corrected chi connectivity index (χ0v) is 10.6. The van der Waals surface area contributed by atoms with Gasteiger partial charge in [-0.25, -0.2) is 9.97 Å². The molecule has 0 fully saturated rings. The van der Waals surface area contributed by atoms with E-state index >= 15 is 0 Å². The van der Waals surface area contributed by atoms with Gasteiger partial charge in [0.2, 0.25) is 0 Å². The van der Waals surface area contributed by atoms with Crippen LogP contribution in [0.1, 0.15) is 13.8 Å². The Kier molecular flexibility index (Phi) is 4.04. The highest BCUT2D eigenvalue weighted by molar-refractivity contribution is 7.99. The van der Waals surface area contributed by atoms with Crippen LogP contribution in [0.4, 0.5) is 11.6 Å². The van der Waals surface area contributed by atoms with Gasteiger partial charge in [0.05, 0.1) is 0 Å². The van der Waals surface area contributed by atoms with Crippen LogP contribution >= 0.6 is 23.4 Å². The van der Waals surface area contributed by atoms with E-state index in [9.17, 15) is 0 Å². The minimum Gasteiger partial charge on any atom is -0.382 e. The molecule has 1 aromatic heterocycles. The second-order valence-electron chi connectivity index (χ2n) is 3.74. The van der Waals surface area contributed by atoms with Gasteiger partial charge in [-0.1, -0.05) is 11.6 Å². The number of nitrogens with one attached hydrogen (secondary N) is 1. The Morgan fingerprint density at radius 2 is 2.20 bits per heavy atom. The lowest BCUT2D eigenvalue weighted by atomic mass is 10.2. The predicted octanol–water partition coefficient (Wildman–Crippen LogP) is 2.27. The maximum atomic E-state index is 5.95. The first-order valence-corrected chi connectivity index (χ1v) is 6.11. The fourth-order valence-electron chi connectivity index (χ4n) is 0.875. The number of aromatic nitrogens is 2. The standard InChI is InChI=1S/C9H15ClN4S/c1-9(2,15-3)4-12-8-6(10)7(11)13-5-14-8/h5H,4H2,1-3H3,(H3,11,12,13,14). The van der Waals surface area contributed by atoms with E-state index in [1.165, 1.54) is 6.33 Å². The van der Waals surface area contributed by atoms with Crippen LogP contribution in [0.5, 0.6) is 0 Å². The number of rotatable bonds is 4. The highest BCUT2D eigenvalue weighted by Crippen LogP contribution is 2.26. The van der Waals surface area contributed by atoms with Crippen molar-refractivity contribution < 1.29 is 0 Å². The molecule has 15 heavy (non-hydrogen) atoms. The largest absolute Gasteiger partial charge is 0.382 e. The van der Waals surface area contributed by atoms with E-state index in [-0.39, 0.29) is 4.75 Å². The first-order chi connectivity index (χ1) is 6.96. The zero-order valence-electron chi connectivity index (χ0n) is 9.04. The Morgan fingerprint density at radius 1 is 1.53 bits per heavy atom. The molecule has 0 aliphatic carbocycles. The van der Waals surface area contributed by atoms with Crippen molar-refractivity contribution in [3.05, 3.63) is 11.3 Å². The second kappa shape index (κ2) is 4.90. The van der Waals surface area contributed by atoms with Crippen molar-refractivity contribution in [1.82, 2.24) is 9.97 Å². The topological polar surface area (TPSA) is 63.8 Å². The first-order valence-electron chi connectivity index (χ1n) is 4.51. The SMILES string of the molecule is CSC(C)(C)CNc1ncnc(N)c1Cl. The van der Waals surface area contributed by atoms with E-state index in [4.69, 9.17) is 17.3 Å². The normalized spacial score (nSPS) is 11.5. The maximum Gasteiger partial charge on any atom is 0.150 e.